The Labute approximate surface area is 73.7 Å². The van der Waals surface area contributed by atoms with Crippen LogP contribution in [0.25, 0.3) is 0 Å². The fourth-order valence-corrected chi connectivity index (χ4v) is 1.45. The van der Waals surface area contributed by atoms with Crippen LogP contribution in [0.1, 0.15) is 13.8 Å². The van der Waals surface area contributed by atoms with Gasteiger partial charge < -0.3 is 0 Å². The Balaban J connectivity index is 2.87. The Hall–Kier alpha value is -0.510. The highest BCUT2D eigenvalue weighted by molar-refractivity contribution is 9.09. The van der Waals surface area contributed by atoms with Gasteiger partial charge in [-0.1, -0.05) is 15.9 Å². The van der Waals surface area contributed by atoms with Crippen LogP contribution >= 0.6 is 15.9 Å². The quantitative estimate of drug-likeness (QED) is 0.641. The molecule has 0 aromatic rings. The van der Waals surface area contributed by atoms with Crippen molar-refractivity contribution in [1.82, 2.24) is 0 Å². The maximum atomic E-state index is 11.2. The normalized spacial score (nSPS) is 28.8. The minimum Gasteiger partial charge on any atom is -0.296 e. The van der Waals surface area contributed by atoms with E-state index in [2.05, 4.69) is 25.9 Å². The number of ketones is 1. The summed E-state index contributed by atoms with van der Waals surface area (Å²) < 4.78 is 0. The SMILES string of the molecule is CC1=NC(C)(C(=O)CBr)C=N1. The number of hydrogen-bond donors (Lipinski definition) is 0. The maximum absolute atomic E-state index is 11.2. The zero-order chi connectivity index (χ0) is 8.48. The van der Waals surface area contributed by atoms with Gasteiger partial charge >= 0.3 is 0 Å². The summed E-state index contributed by atoms with van der Waals surface area (Å²) in [6, 6.07) is 0. The predicted octanol–water partition coefficient (Wildman–Crippen LogP) is 1.21. The van der Waals surface area contributed by atoms with Crippen LogP contribution in [0.15, 0.2) is 9.98 Å². The van der Waals surface area contributed by atoms with Crippen LogP contribution in [0.4, 0.5) is 0 Å². The number of aliphatic imine (C=N–C) groups is 2. The number of hydrogen-bond acceptors (Lipinski definition) is 3. The summed E-state index contributed by atoms with van der Waals surface area (Å²) in [5.74, 6) is 0.708. The first-order valence-corrected chi connectivity index (χ1v) is 4.41. The monoisotopic (exact) mass is 216 g/mol. The molecule has 1 atom stereocenters. The first-order valence-electron chi connectivity index (χ1n) is 3.29. The molecule has 0 spiro atoms. The van der Waals surface area contributed by atoms with Crippen LogP contribution < -0.4 is 0 Å². The van der Waals surface area contributed by atoms with Crippen molar-refractivity contribution in [3.8, 4) is 0 Å². The molecule has 1 heterocycles. The van der Waals surface area contributed by atoms with Gasteiger partial charge in [-0.05, 0) is 13.8 Å². The molecule has 1 aliphatic rings. The van der Waals surface area contributed by atoms with Crippen LogP contribution in [-0.2, 0) is 4.79 Å². The van der Waals surface area contributed by atoms with Gasteiger partial charge in [-0.25, -0.2) is 4.99 Å². The summed E-state index contributed by atoms with van der Waals surface area (Å²) in [7, 11) is 0. The van der Waals surface area contributed by atoms with E-state index in [1.54, 1.807) is 20.1 Å². The number of amidine groups is 1. The Morgan fingerprint density at radius 2 is 2.45 bits per heavy atom. The standard InChI is InChI=1S/C7H9BrN2O/c1-5-9-4-7(2,10-5)6(11)3-8/h4H,3H2,1-2H3. The molecule has 0 bridgehead atoms. The van der Waals surface area contributed by atoms with Gasteiger partial charge in [0.25, 0.3) is 0 Å². The molecule has 1 unspecified atom stereocenters. The fraction of sp³-hybridized carbons (Fsp3) is 0.571. The zero-order valence-electron chi connectivity index (χ0n) is 6.47. The van der Waals surface area contributed by atoms with E-state index >= 15 is 0 Å². The first-order chi connectivity index (χ1) is 5.08. The van der Waals surface area contributed by atoms with Crippen molar-refractivity contribution in [2.24, 2.45) is 9.98 Å². The second-order valence-corrected chi connectivity index (χ2v) is 3.18. The van der Waals surface area contributed by atoms with Crippen molar-refractivity contribution in [1.29, 1.82) is 0 Å². The lowest BCUT2D eigenvalue weighted by Crippen LogP contribution is -2.34. The van der Waals surface area contributed by atoms with Gasteiger partial charge in [-0.15, -0.1) is 0 Å². The molecule has 4 heteroatoms. The van der Waals surface area contributed by atoms with E-state index in [1.165, 1.54) is 0 Å². The number of rotatable bonds is 2. The lowest BCUT2D eigenvalue weighted by molar-refractivity contribution is -0.118. The third-order valence-electron chi connectivity index (χ3n) is 1.58. The van der Waals surface area contributed by atoms with Crippen molar-refractivity contribution in [2.75, 3.05) is 5.33 Å². The number of carbonyl (C=O) groups excluding carboxylic acids is 1. The summed E-state index contributed by atoms with van der Waals surface area (Å²) in [6.07, 6.45) is 1.59. The summed E-state index contributed by atoms with van der Waals surface area (Å²) in [4.78, 5) is 19.3. The molecule has 0 aromatic heterocycles. The Bertz CT molecular complexity index is 247. The number of halogens is 1. The van der Waals surface area contributed by atoms with Gasteiger partial charge in [0.05, 0.1) is 5.33 Å². The van der Waals surface area contributed by atoms with Gasteiger partial charge in [0.15, 0.2) is 11.3 Å². The van der Waals surface area contributed by atoms with E-state index in [9.17, 15) is 4.79 Å². The molecule has 0 saturated carbocycles. The Kier molecular flexibility index (Phi) is 2.23. The maximum Gasteiger partial charge on any atom is 0.176 e. The highest BCUT2D eigenvalue weighted by Gasteiger charge is 2.32. The third-order valence-corrected chi connectivity index (χ3v) is 2.09. The van der Waals surface area contributed by atoms with Crippen LogP contribution in [0.3, 0.4) is 0 Å². The lowest BCUT2D eigenvalue weighted by Gasteiger charge is -2.12. The predicted molar refractivity (Wildman–Crippen MR) is 48.8 cm³/mol. The van der Waals surface area contributed by atoms with Gasteiger partial charge in [-0.2, -0.15) is 0 Å². The second-order valence-electron chi connectivity index (χ2n) is 2.62. The molecule has 0 amide bonds. The van der Waals surface area contributed by atoms with Gasteiger partial charge in [0.2, 0.25) is 0 Å². The highest BCUT2D eigenvalue weighted by atomic mass is 79.9. The number of nitrogens with zero attached hydrogens (tertiary/aromatic N) is 2. The van der Waals surface area contributed by atoms with Crippen molar-refractivity contribution in [2.45, 2.75) is 19.4 Å². The van der Waals surface area contributed by atoms with E-state index in [0.717, 1.165) is 0 Å². The molecule has 0 aliphatic carbocycles. The van der Waals surface area contributed by atoms with Crippen LogP contribution in [-0.4, -0.2) is 28.7 Å². The van der Waals surface area contributed by atoms with E-state index < -0.39 is 5.54 Å². The number of Topliss-reactive ketones (excluding diaryl/α,β-unsaturated/α-hetero) is 1. The first kappa shape index (κ1) is 8.59. The van der Waals surface area contributed by atoms with Crippen molar-refractivity contribution >= 4 is 33.8 Å². The van der Waals surface area contributed by atoms with Gasteiger partial charge in [-0.3, -0.25) is 9.79 Å². The third kappa shape index (κ3) is 1.56. The smallest absolute Gasteiger partial charge is 0.176 e. The molecule has 0 N–H and O–H groups in total. The molecule has 1 aliphatic heterocycles. The largest absolute Gasteiger partial charge is 0.296 e. The van der Waals surface area contributed by atoms with E-state index in [1.807, 2.05) is 0 Å². The molecular weight excluding hydrogens is 208 g/mol. The van der Waals surface area contributed by atoms with E-state index in [-0.39, 0.29) is 5.78 Å². The molecule has 0 radical (unpaired) electrons. The molecule has 60 valence electrons. The van der Waals surface area contributed by atoms with Crippen molar-refractivity contribution < 1.29 is 4.79 Å². The minimum atomic E-state index is -0.715. The summed E-state index contributed by atoms with van der Waals surface area (Å²) in [6.45, 7) is 3.54. The average Bonchev–Trinajstić information content (AvgIpc) is 2.31. The molecule has 0 aromatic carbocycles. The van der Waals surface area contributed by atoms with Crippen LogP contribution in [0, 0.1) is 0 Å². The molecule has 0 saturated heterocycles. The van der Waals surface area contributed by atoms with Gasteiger partial charge in [0, 0.05) is 6.21 Å². The van der Waals surface area contributed by atoms with Crippen molar-refractivity contribution in [3.05, 3.63) is 0 Å². The van der Waals surface area contributed by atoms with Crippen LogP contribution in [0.5, 0.6) is 0 Å². The molecule has 0 fully saturated rings. The number of carbonyl (C=O) groups is 1. The minimum absolute atomic E-state index is 0.0399. The molecular formula is C7H9BrN2O. The fourth-order valence-electron chi connectivity index (χ4n) is 0.883. The van der Waals surface area contributed by atoms with Gasteiger partial charge in [0.1, 0.15) is 5.84 Å². The van der Waals surface area contributed by atoms with Crippen molar-refractivity contribution in [3.63, 3.8) is 0 Å². The summed E-state index contributed by atoms with van der Waals surface area (Å²) in [5.41, 5.74) is -0.715. The second kappa shape index (κ2) is 2.85. The topological polar surface area (TPSA) is 41.8 Å². The van der Waals surface area contributed by atoms with Crippen LogP contribution in [0.2, 0.25) is 0 Å². The van der Waals surface area contributed by atoms with E-state index in [0.29, 0.717) is 11.2 Å². The molecule has 1 rings (SSSR count). The summed E-state index contributed by atoms with van der Waals surface area (Å²) >= 11 is 3.10. The van der Waals surface area contributed by atoms with E-state index in [4.69, 9.17) is 0 Å². The Morgan fingerprint density at radius 3 is 2.82 bits per heavy atom. The molecule has 11 heavy (non-hydrogen) atoms. The summed E-state index contributed by atoms with van der Waals surface area (Å²) in [5, 5.41) is 0.326. The number of alkyl halides is 1. The zero-order valence-corrected chi connectivity index (χ0v) is 8.05. The average molecular weight is 217 g/mol. The Morgan fingerprint density at radius 1 is 1.82 bits per heavy atom. The lowest BCUT2D eigenvalue weighted by atomic mass is 10.0. The molecule has 3 nitrogen and oxygen atoms in total. The highest BCUT2D eigenvalue weighted by Crippen LogP contribution is 2.15.